The van der Waals surface area contributed by atoms with Crippen molar-refractivity contribution in [2.45, 2.75) is 31.7 Å². The smallest absolute Gasteiger partial charge is 0.0468 e. The minimum absolute atomic E-state index is 0.00583. The lowest BCUT2D eigenvalue weighted by Crippen LogP contribution is -2.19. The van der Waals surface area contributed by atoms with Crippen molar-refractivity contribution in [3.63, 3.8) is 0 Å². The SMILES string of the molecule is N[C@H](c1c(Cl)cccc1Cl)C1CCCC1. The van der Waals surface area contributed by atoms with Gasteiger partial charge in [-0.2, -0.15) is 0 Å². The van der Waals surface area contributed by atoms with Crippen LogP contribution in [0.25, 0.3) is 0 Å². The molecule has 2 rings (SSSR count). The van der Waals surface area contributed by atoms with Gasteiger partial charge in [-0.15, -0.1) is 0 Å². The van der Waals surface area contributed by atoms with Crippen molar-refractivity contribution in [2.24, 2.45) is 11.7 Å². The highest BCUT2D eigenvalue weighted by Crippen LogP contribution is 2.39. The number of benzene rings is 1. The van der Waals surface area contributed by atoms with Gasteiger partial charge in [-0.05, 0) is 30.9 Å². The molecule has 1 fully saturated rings. The summed E-state index contributed by atoms with van der Waals surface area (Å²) in [7, 11) is 0. The van der Waals surface area contributed by atoms with Gasteiger partial charge in [0.2, 0.25) is 0 Å². The van der Waals surface area contributed by atoms with Crippen molar-refractivity contribution in [2.75, 3.05) is 0 Å². The molecule has 1 aliphatic carbocycles. The van der Waals surface area contributed by atoms with E-state index in [1.807, 2.05) is 18.2 Å². The van der Waals surface area contributed by atoms with Gasteiger partial charge >= 0.3 is 0 Å². The molecule has 3 heteroatoms. The van der Waals surface area contributed by atoms with E-state index < -0.39 is 0 Å². The molecule has 0 unspecified atom stereocenters. The minimum Gasteiger partial charge on any atom is -0.324 e. The summed E-state index contributed by atoms with van der Waals surface area (Å²) in [6.07, 6.45) is 4.95. The Morgan fingerprint density at radius 2 is 1.67 bits per heavy atom. The highest BCUT2D eigenvalue weighted by molar-refractivity contribution is 6.36. The second-order valence-corrected chi connectivity index (χ2v) is 5.02. The van der Waals surface area contributed by atoms with E-state index in [2.05, 4.69) is 0 Å². The Bertz CT molecular complexity index is 325. The van der Waals surface area contributed by atoms with Gasteiger partial charge in [0.1, 0.15) is 0 Å². The van der Waals surface area contributed by atoms with Gasteiger partial charge in [-0.25, -0.2) is 0 Å². The molecule has 0 aromatic heterocycles. The topological polar surface area (TPSA) is 26.0 Å². The maximum absolute atomic E-state index is 6.23. The molecule has 2 N–H and O–H groups in total. The molecule has 1 aliphatic rings. The summed E-state index contributed by atoms with van der Waals surface area (Å²) in [5, 5.41) is 1.39. The first-order valence-electron chi connectivity index (χ1n) is 5.39. The predicted molar refractivity (Wildman–Crippen MR) is 65.3 cm³/mol. The summed E-state index contributed by atoms with van der Waals surface area (Å²) in [5.74, 6) is 0.544. The molecule has 15 heavy (non-hydrogen) atoms. The van der Waals surface area contributed by atoms with Gasteiger partial charge in [0.05, 0.1) is 0 Å². The van der Waals surface area contributed by atoms with Crippen LogP contribution >= 0.6 is 23.2 Å². The van der Waals surface area contributed by atoms with Gasteiger partial charge in [0.25, 0.3) is 0 Å². The summed E-state index contributed by atoms with van der Waals surface area (Å²) in [6.45, 7) is 0. The van der Waals surface area contributed by atoms with Gasteiger partial charge in [-0.3, -0.25) is 0 Å². The van der Waals surface area contributed by atoms with Gasteiger partial charge in [-0.1, -0.05) is 42.1 Å². The summed E-state index contributed by atoms with van der Waals surface area (Å²) in [4.78, 5) is 0. The molecule has 0 saturated heterocycles. The first-order valence-corrected chi connectivity index (χ1v) is 6.15. The third-order valence-electron chi connectivity index (χ3n) is 3.24. The maximum Gasteiger partial charge on any atom is 0.0468 e. The van der Waals surface area contributed by atoms with E-state index in [1.54, 1.807) is 0 Å². The largest absolute Gasteiger partial charge is 0.324 e. The quantitative estimate of drug-likeness (QED) is 0.829. The normalized spacial score (nSPS) is 19.4. The van der Waals surface area contributed by atoms with Gasteiger partial charge in [0.15, 0.2) is 0 Å². The van der Waals surface area contributed by atoms with Crippen molar-refractivity contribution in [1.29, 1.82) is 0 Å². The summed E-state index contributed by atoms with van der Waals surface area (Å²) in [6, 6.07) is 5.57. The van der Waals surface area contributed by atoms with E-state index in [9.17, 15) is 0 Å². The molecule has 0 radical (unpaired) electrons. The van der Waals surface area contributed by atoms with Crippen molar-refractivity contribution in [3.05, 3.63) is 33.8 Å². The molecule has 1 nitrogen and oxygen atoms in total. The highest BCUT2D eigenvalue weighted by atomic mass is 35.5. The molecule has 0 spiro atoms. The van der Waals surface area contributed by atoms with Crippen LogP contribution in [0, 0.1) is 5.92 Å². The Kier molecular flexibility index (Phi) is 3.55. The van der Waals surface area contributed by atoms with Crippen LogP contribution in [-0.2, 0) is 0 Å². The average molecular weight is 244 g/mol. The number of hydrogen-bond acceptors (Lipinski definition) is 1. The summed E-state index contributed by atoms with van der Waals surface area (Å²) >= 11 is 12.3. The molecule has 1 aromatic rings. The summed E-state index contributed by atoms with van der Waals surface area (Å²) < 4.78 is 0. The number of hydrogen-bond donors (Lipinski definition) is 1. The lowest BCUT2D eigenvalue weighted by molar-refractivity contribution is 0.445. The van der Waals surface area contributed by atoms with Crippen LogP contribution in [0.4, 0.5) is 0 Å². The first-order chi connectivity index (χ1) is 7.20. The lowest BCUT2D eigenvalue weighted by atomic mass is 9.92. The third kappa shape index (κ3) is 2.30. The lowest BCUT2D eigenvalue weighted by Gasteiger charge is -2.21. The molecule has 1 atom stereocenters. The van der Waals surface area contributed by atoms with Gasteiger partial charge in [0, 0.05) is 21.7 Å². The molecular weight excluding hydrogens is 229 g/mol. The van der Waals surface area contributed by atoms with Gasteiger partial charge < -0.3 is 5.73 Å². The zero-order valence-electron chi connectivity index (χ0n) is 8.55. The van der Waals surface area contributed by atoms with Crippen LogP contribution in [0.1, 0.15) is 37.3 Å². The van der Waals surface area contributed by atoms with E-state index in [0.717, 1.165) is 5.56 Å². The predicted octanol–water partition coefficient (Wildman–Crippen LogP) is 4.18. The van der Waals surface area contributed by atoms with E-state index in [-0.39, 0.29) is 6.04 Å². The minimum atomic E-state index is -0.00583. The fraction of sp³-hybridized carbons (Fsp3) is 0.500. The second kappa shape index (κ2) is 4.73. The molecule has 1 aromatic carbocycles. The Morgan fingerprint density at radius 1 is 1.13 bits per heavy atom. The Morgan fingerprint density at radius 3 is 2.20 bits per heavy atom. The van der Waals surface area contributed by atoms with Crippen molar-refractivity contribution < 1.29 is 0 Å². The fourth-order valence-corrected chi connectivity index (χ4v) is 3.03. The molecule has 0 bridgehead atoms. The van der Waals surface area contributed by atoms with Crippen LogP contribution in [0.2, 0.25) is 10.0 Å². The molecule has 82 valence electrons. The molecule has 0 aliphatic heterocycles. The van der Waals surface area contributed by atoms with Crippen LogP contribution in [0.15, 0.2) is 18.2 Å². The van der Waals surface area contributed by atoms with Crippen molar-refractivity contribution in [1.82, 2.24) is 0 Å². The molecular formula is C12H15Cl2N. The first kappa shape index (κ1) is 11.3. The summed E-state index contributed by atoms with van der Waals surface area (Å²) in [5.41, 5.74) is 7.16. The van der Waals surface area contributed by atoms with E-state index in [4.69, 9.17) is 28.9 Å². The molecule has 0 amide bonds. The van der Waals surface area contributed by atoms with Crippen LogP contribution < -0.4 is 5.73 Å². The highest BCUT2D eigenvalue weighted by Gasteiger charge is 2.26. The standard InChI is InChI=1S/C12H15Cl2N/c13-9-6-3-7-10(14)11(9)12(15)8-4-1-2-5-8/h3,6-8,12H,1-2,4-5,15H2/t12-/m0/s1. The van der Waals surface area contributed by atoms with E-state index in [0.29, 0.717) is 16.0 Å². The van der Waals surface area contributed by atoms with Crippen LogP contribution in [-0.4, -0.2) is 0 Å². The Balaban J connectivity index is 2.27. The van der Waals surface area contributed by atoms with E-state index in [1.165, 1.54) is 25.7 Å². The number of rotatable bonds is 2. The monoisotopic (exact) mass is 243 g/mol. The second-order valence-electron chi connectivity index (χ2n) is 4.21. The van der Waals surface area contributed by atoms with Crippen LogP contribution in [0.5, 0.6) is 0 Å². The number of halogens is 2. The average Bonchev–Trinajstić information content (AvgIpc) is 2.69. The maximum atomic E-state index is 6.23. The Hall–Kier alpha value is -0.240. The zero-order valence-corrected chi connectivity index (χ0v) is 10.1. The number of nitrogens with two attached hydrogens (primary N) is 1. The zero-order chi connectivity index (χ0) is 10.8. The molecule has 0 heterocycles. The fourth-order valence-electron chi connectivity index (χ4n) is 2.38. The van der Waals surface area contributed by atoms with E-state index >= 15 is 0 Å². The molecule has 1 saturated carbocycles. The van der Waals surface area contributed by atoms with Crippen LogP contribution in [0.3, 0.4) is 0 Å². The third-order valence-corrected chi connectivity index (χ3v) is 3.90. The van der Waals surface area contributed by atoms with Crippen molar-refractivity contribution >= 4 is 23.2 Å². The Labute approximate surface area is 101 Å². The van der Waals surface area contributed by atoms with Crippen molar-refractivity contribution in [3.8, 4) is 0 Å².